The average molecular weight is 268 g/mol. The summed E-state index contributed by atoms with van der Waals surface area (Å²) in [4.78, 5) is 2.40. The predicted molar refractivity (Wildman–Crippen MR) is 73.1 cm³/mol. The number of nitrogens with one attached hydrogen (secondary N) is 1. The minimum Gasteiger partial charge on any atom is -0.314 e. The van der Waals surface area contributed by atoms with Gasteiger partial charge in [0.15, 0.2) is 9.84 Å². The normalized spacial score (nSPS) is 17.8. The lowest BCUT2D eigenvalue weighted by atomic mass is 10.1. The molecule has 0 saturated carbocycles. The molecule has 0 unspecified atom stereocenters. The van der Waals surface area contributed by atoms with Gasteiger partial charge in [-0.15, -0.1) is 0 Å². The first-order valence-corrected chi connectivity index (χ1v) is 8.28. The van der Waals surface area contributed by atoms with E-state index in [1.54, 1.807) is 0 Å². The van der Waals surface area contributed by atoms with E-state index in [-0.39, 0.29) is 5.75 Å². The number of benzene rings is 1. The Morgan fingerprint density at radius 2 is 1.67 bits per heavy atom. The second kappa shape index (κ2) is 5.82. The van der Waals surface area contributed by atoms with Gasteiger partial charge in [0, 0.05) is 39.0 Å². The molecular weight excluding hydrogens is 248 g/mol. The number of sulfone groups is 1. The van der Waals surface area contributed by atoms with Crippen molar-refractivity contribution in [3.63, 3.8) is 0 Å². The molecule has 1 fully saturated rings. The van der Waals surface area contributed by atoms with E-state index in [0.29, 0.717) is 0 Å². The van der Waals surface area contributed by atoms with Gasteiger partial charge in [-0.3, -0.25) is 4.90 Å². The van der Waals surface area contributed by atoms with Crippen LogP contribution in [0.2, 0.25) is 0 Å². The van der Waals surface area contributed by atoms with E-state index in [4.69, 9.17) is 0 Å². The summed E-state index contributed by atoms with van der Waals surface area (Å²) in [7, 11) is -2.94. The van der Waals surface area contributed by atoms with Crippen LogP contribution in [-0.4, -0.2) is 45.8 Å². The van der Waals surface area contributed by atoms with Crippen LogP contribution in [0.5, 0.6) is 0 Å². The van der Waals surface area contributed by atoms with Crippen LogP contribution in [0.4, 0.5) is 0 Å². The second-order valence-electron chi connectivity index (χ2n) is 4.91. The van der Waals surface area contributed by atoms with E-state index >= 15 is 0 Å². The topological polar surface area (TPSA) is 49.4 Å². The van der Waals surface area contributed by atoms with Gasteiger partial charge in [0.25, 0.3) is 0 Å². The highest BCUT2D eigenvalue weighted by molar-refractivity contribution is 7.89. The van der Waals surface area contributed by atoms with Crippen LogP contribution in [0.25, 0.3) is 0 Å². The van der Waals surface area contributed by atoms with Crippen molar-refractivity contribution in [3.05, 3.63) is 35.4 Å². The molecule has 2 rings (SSSR count). The van der Waals surface area contributed by atoms with Crippen LogP contribution < -0.4 is 5.32 Å². The van der Waals surface area contributed by atoms with Gasteiger partial charge in [-0.1, -0.05) is 24.3 Å². The van der Waals surface area contributed by atoms with Crippen molar-refractivity contribution >= 4 is 9.84 Å². The molecule has 0 aromatic heterocycles. The van der Waals surface area contributed by atoms with E-state index in [1.165, 1.54) is 11.8 Å². The van der Waals surface area contributed by atoms with Crippen LogP contribution in [0.15, 0.2) is 24.3 Å². The molecule has 1 N–H and O–H groups in total. The zero-order valence-corrected chi connectivity index (χ0v) is 11.5. The van der Waals surface area contributed by atoms with Gasteiger partial charge in [-0.25, -0.2) is 8.42 Å². The molecule has 0 atom stereocenters. The van der Waals surface area contributed by atoms with Crippen molar-refractivity contribution in [1.29, 1.82) is 0 Å². The lowest BCUT2D eigenvalue weighted by molar-refractivity contribution is 0.233. The predicted octanol–water partition coefficient (Wildman–Crippen LogP) is 0.636. The third kappa shape index (κ3) is 4.40. The standard InChI is InChI=1S/C13H20N2O2S/c1-18(16,17)11-13-4-2-12(3-5-13)10-15-8-6-14-7-9-15/h2-5,14H,6-11H2,1H3. The Kier molecular flexibility index (Phi) is 4.37. The summed E-state index contributed by atoms with van der Waals surface area (Å²) in [6, 6.07) is 7.89. The molecular formula is C13H20N2O2S. The zero-order valence-electron chi connectivity index (χ0n) is 10.7. The fourth-order valence-electron chi connectivity index (χ4n) is 2.17. The number of hydrogen-bond donors (Lipinski definition) is 1. The highest BCUT2D eigenvalue weighted by atomic mass is 32.2. The maximum atomic E-state index is 11.2. The summed E-state index contributed by atoms with van der Waals surface area (Å²) in [5.74, 6) is 0.126. The van der Waals surface area contributed by atoms with E-state index < -0.39 is 9.84 Å². The van der Waals surface area contributed by atoms with E-state index in [0.717, 1.165) is 38.3 Å². The fourth-order valence-corrected chi connectivity index (χ4v) is 2.97. The van der Waals surface area contributed by atoms with Crippen molar-refractivity contribution in [2.24, 2.45) is 0 Å². The van der Waals surface area contributed by atoms with E-state index in [1.807, 2.05) is 24.3 Å². The van der Waals surface area contributed by atoms with Gasteiger partial charge in [0.1, 0.15) is 0 Å². The molecule has 100 valence electrons. The summed E-state index contributed by atoms with van der Waals surface area (Å²) in [6.45, 7) is 5.19. The largest absolute Gasteiger partial charge is 0.314 e. The van der Waals surface area contributed by atoms with Crippen molar-refractivity contribution in [3.8, 4) is 0 Å². The Morgan fingerprint density at radius 3 is 2.22 bits per heavy atom. The van der Waals surface area contributed by atoms with Crippen LogP contribution in [-0.2, 0) is 22.1 Å². The van der Waals surface area contributed by atoms with E-state index in [9.17, 15) is 8.42 Å². The molecule has 1 saturated heterocycles. The molecule has 5 heteroatoms. The molecule has 0 bridgehead atoms. The Labute approximate surface area is 109 Å². The maximum Gasteiger partial charge on any atom is 0.151 e. The zero-order chi connectivity index (χ0) is 13.0. The van der Waals surface area contributed by atoms with Gasteiger partial charge < -0.3 is 5.32 Å². The number of hydrogen-bond acceptors (Lipinski definition) is 4. The molecule has 18 heavy (non-hydrogen) atoms. The Balaban J connectivity index is 1.94. The van der Waals surface area contributed by atoms with Gasteiger partial charge in [0.05, 0.1) is 5.75 Å². The van der Waals surface area contributed by atoms with Crippen LogP contribution >= 0.6 is 0 Å². The highest BCUT2D eigenvalue weighted by Crippen LogP contribution is 2.10. The summed E-state index contributed by atoms with van der Waals surface area (Å²) < 4.78 is 22.4. The first-order valence-electron chi connectivity index (χ1n) is 6.21. The molecule has 0 amide bonds. The number of piperazine rings is 1. The quantitative estimate of drug-likeness (QED) is 0.870. The Bertz CT molecular complexity index is 476. The number of rotatable bonds is 4. The first-order chi connectivity index (χ1) is 8.53. The van der Waals surface area contributed by atoms with Crippen LogP contribution in [0.3, 0.4) is 0 Å². The van der Waals surface area contributed by atoms with Crippen molar-refractivity contribution < 1.29 is 8.42 Å². The van der Waals surface area contributed by atoms with Gasteiger partial charge in [-0.2, -0.15) is 0 Å². The van der Waals surface area contributed by atoms with Crippen LogP contribution in [0.1, 0.15) is 11.1 Å². The second-order valence-corrected chi connectivity index (χ2v) is 7.05. The lowest BCUT2D eigenvalue weighted by Crippen LogP contribution is -2.42. The minimum atomic E-state index is -2.94. The first kappa shape index (κ1) is 13.5. The van der Waals surface area contributed by atoms with Crippen LogP contribution in [0, 0.1) is 0 Å². The Hall–Kier alpha value is -0.910. The van der Waals surface area contributed by atoms with Gasteiger partial charge >= 0.3 is 0 Å². The minimum absolute atomic E-state index is 0.126. The monoisotopic (exact) mass is 268 g/mol. The molecule has 4 nitrogen and oxygen atoms in total. The van der Waals surface area contributed by atoms with Crippen molar-refractivity contribution in [1.82, 2.24) is 10.2 Å². The van der Waals surface area contributed by atoms with E-state index in [2.05, 4.69) is 10.2 Å². The Morgan fingerprint density at radius 1 is 1.11 bits per heavy atom. The molecule has 1 aliphatic rings. The summed E-state index contributed by atoms with van der Waals surface area (Å²) in [5.41, 5.74) is 2.11. The smallest absolute Gasteiger partial charge is 0.151 e. The van der Waals surface area contributed by atoms with Gasteiger partial charge in [-0.05, 0) is 11.1 Å². The van der Waals surface area contributed by atoms with Crippen molar-refractivity contribution in [2.45, 2.75) is 12.3 Å². The lowest BCUT2D eigenvalue weighted by Gasteiger charge is -2.27. The molecule has 0 spiro atoms. The summed E-state index contributed by atoms with van der Waals surface area (Å²) in [6.07, 6.45) is 1.27. The van der Waals surface area contributed by atoms with Gasteiger partial charge in [0.2, 0.25) is 0 Å². The third-order valence-corrected chi connectivity index (χ3v) is 3.93. The molecule has 1 aromatic carbocycles. The van der Waals surface area contributed by atoms with Crippen molar-refractivity contribution in [2.75, 3.05) is 32.4 Å². The summed E-state index contributed by atoms with van der Waals surface area (Å²) in [5, 5.41) is 3.33. The molecule has 1 aliphatic heterocycles. The fraction of sp³-hybridized carbons (Fsp3) is 0.538. The maximum absolute atomic E-state index is 11.2. The average Bonchev–Trinajstić information content (AvgIpc) is 2.31. The molecule has 0 aliphatic carbocycles. The molecule has 1 aromatic rings. The SMILES string of the molecule is CS(=O)(=O)Cc1ccc(CN2CCNCC2)cc1. The summed E-state index contributed by atoms with van der Waals surface area (Å²) >= 11 is 0. The molecule has 1 heterocycles. The highest BCUT2D eigenvalue weighted by Gasteiger charge is 2.10. The third-order valence-electron chi connectivity index (χ3n) is 3.07. The molecule has 0 radical (unpaired) electrons. The number of nitrogens with zero attached hydrogens (tertiary/aromatic N) is 1.